The molecular formula is C16H16FNOS. The molecule has 3 rings (SSSR count). The van der Waals surface area contributed by atoms with Gasteiger partial charge in [0.15, 0.2) is 11.4 Å². The molecule has 0 bridgehead atoms. The first-order chi connectivity index (χ1) is 9.72. The number of aryl methyl sites for hydroxylation is 1. The smallest absolute Gasteiger partial charge is 0.169 e. The van der Waals surface area contributed by atoms with E-state index in [1.807, 2.05) is 19.2 Å². The van der Waals surface area contributed by atoms with Crippen LogP contribution in [0.2, 0.25) is 0 Å². The lowest BCUT2D eigenvalue weighted by atomic mass is 10.1. The minimum absolute atomic E-state index is 0.0351. The van der Waals surface area contributed by atoms with Crippen molar-refractivity contribution >= 4 is 22.3 Å². The summed E-state index contributed by atoms with van der Waals surface area (Å²) in [6.45, 7) is 2.14. The van der Waals surface area contributed by atoms with Crippen LogP contribution in [0.4, 0.5) is 4.39 Å². The molecule has 4 heteroatoms. The molecule has 1 unspecified atom stereocenters. The Morgan fingerprint density at radius 2 is 2.15 bits per heavy atom. The second-order valence-corrected chi connectivity index (χ2v) is 5.89. The minimum Gasteiger partial charge on any atom is -0.456 e. The van der Waals surface area contributed by atoms with Crippen molar-refractivity contribution in [2.75, 3.05) is 7.05 Å². The lowest BCUT2D eigenvalue weighted by Crippen LogP contribution is -2.15. The van der Waals surface area contributed by atoms with Gasteiger partial charge in [-0.25, -0.2) is 4.39 Å². The Kier molecular flexibility index (Phi) is 3.59. The second kappa shape index (κ2) is 5.38. The summed E-state index contributed by atoms with van der Waals surface area (Å²) in [4.78, 5) is 2.52. The highest BCUT2D eigenvalue weighted by Gasteiger charge is 2.19. The molecule has 0 fully saturated rings. The molecule has 0 amide bonds. The highest BCUT2D eigenvalue weighted by molar-refractivity contribution is 7.12. The average Bonchev–Trinajstić information content (AvgIpc) is 3.07. The maximum atomic E-state index is 13.7. The van der Waals surface area contributed by atoms with Crippen LogP contribution in [0.5, 0.6) is 0 Å². The molecule has 0 aliphatic carbocycles. The lowest BCUT2D eigenvalue weighted by molar-refractivity contribution is 0.479. The summed E-state index contributed by atoms with van der Waals surface area (Å²) in [6.07, 6.45) is 1.02. The fraction of sp³-hybridized carbons (Fsp3) is 0.250. The fourth-order valence-corrected chi connectivity index (χ4v) is 3.43. The predicted molar refractivity (Wildman–Crippen MR) is 80.8 cm³/mol. The largest absolute Gasteiger partial charge is 0.456 e. The third-order valence-electron chi connectivity index (χ3n) is 3.40. The number of benzene rings is 1. The average molecular weight is 289 g/mol. The molecule has 0 aliphatic heterocycles. The normalized spacial score (nSPS) is 12.9. The van der Waals surface area contributed by atoms with Crippen LogP contribution in [-0.2, 0) is 6.42 Å². The van der Waals surface area contributed by atoms with Gasteiger partial charge in [0.1, 0.15) is 11.8 Å². The zero-order chi connectivity index (χ0) is 14.1. The summed E-state index contributed by atoms with van der Waals surface area (Å²) in [7, 11) is 1.89. The van der Waals surface area contributed by atoms with Gasteiger partial charge in [0.2, 0.25) is 0 Å². The Morgan fingerprint density at radius 3 is 2.80 bits per heavy atom. The molecule has 104 valence electrons. The summed E-state index contributed by atoms with van der Waals surface area (Å²) < 4.78 is 19.4. The number of halogens is 1. The molecule has 1 aromatic carbocycles. The van der Waals surface area contributed by atoms with Crippen LogP contribution < -0.4 is 5.32 Å². The Labute approximate surface area is 121 Å². The molecule has 0 radical (unpaired) electrons. The zero-order valence-electron chi connectivity index (χ0n) is 11.4. The van der Waals surface area contributed by atoms with Crippen molar-refractivity contribution in [2.24, 2.45) is 0 Å². The number of furan rings is 1. The molecule has 1 N–H and O–H groups in total. The molecule has 1 atom stereocenters. The lowest BCUT2D eigenvalue weighted by Gasteiger charge is -2.11. The SMILES string of the molecule is CCc1ccc(C(NC)c2cc3cccc(F)c3o2)s1. The standard InChI is InChI=1S/C16H16FNOS/c1-3-11-7-8-14(20-11)15(18-2)13-9-10-5-4-6-12(17)16(10)19-13/h4-9,15,18H,3H2,1-2H3. The summed E-state index contributed by atoms with van der Waals surface area (Å²) in [6, 6.07) is 11.1. The first-order valence-corrected chi connectivity index (χ1v) is 7.48. The van der Waals surface area contributed by atoms with Crippen molar-refractivity contribution < 1.29 is 8.81 Å². The van der Waals surface area contributed by atoms with Gasteiger partial charge in [0, 0.05) is 15.1 Å². The van der Waals surface area contributed by atoms with Crippen molar-refractivity contribution in [3.05, 3.63) is 57.7 Å². The number of hydrogen-bond acceptors (Lipinski definition) is 3. The van der Waals surface area contributed by atoms with E-state index in [2.05, 4.69) is 24.4 Å². The first-order valence-electron chi connectivity index (χ1n) is 6.66. The monoisotopic (exact) mass is 289 g/mol. The van der Waals surface area contributed by atoms with Crippen LogP contribution in [0.25, 0.3) is 11.0 Å². The van der Waals surface area contributed by atoms with Crippen LogP contribution in [-0.4, -0.2) is 7.05 Å². The van der Waals surface area contributed by atoms with Crippen molar-refractivity contribution in [1.29, 1.82) is 0 Å². The van der Waals surface area contributed by atoms with E-state index in [-0.39, 0.29) is 11.9 Å². The van der Waals surface area contributed by atoms with Gasteiger partial charge in [-0.05, 0) is 37.7 Å². The Hall–Kier alpha value is -1.65. The van der Waals surface area contributed by atoms with E-state index >= 15 is 0 Å². The summed E-state index contributed by atoms with van der Waals surface area (Å²) >= 11 is 1.76. The molecule has 0 saturated heterocycles. The van der Waals surface area contributed by atoms with Gasteiger partial charge in [0.25, 0.3) is 0 Å². The van der Waals surface area contributed by atoms with E-state index in [4.69, 9.17) is 4.42 Å². The number of fused-ring (bicyclic) bond motifs is 1. The van der Waals surface area contributed by atoms with E-state index in [0.717, 1.165) is 17.6 Å². The topological polar surface area (TPSA) is 25.2 Å². The molecule has 20 heavy (non-hydrogen) atoms. The zero-order valence-corrected chi connectivity index (χ0v) is 12.3. The Balaban J connectivity index is 2.04. The molecule has 0 spiro atoms. The van der Waals surface area contributed by atoms with Crippen molar-refractivity contribution in [2.45, 2.75) is 19.4 Å². The maximum absolute atomic E-state index is 13.7. The van der Waals surface area contributed by atoms with Crippen LogP contribution >= 0.6 is 11.3 Å². The summed E-state index contributed by atoms with van der Waals surface area (Å²) in [5.41, 5.74) is 0.329. The molecule has 0 saturated carbocycles. The summed E-state index contributed by atoms with van der Waals surface area (Å²) in [5.74, 6) is 0.432. The molecule has 0 aliphatic rings. The van der Waals surface area contributed by atoms with Crippen LogP contribution in [0, 0.1) is 5.82 Å². The van der Waals surface area contributed by atoms with Crippen LogP contribution in [0.3, 0.4) is 0 Å². The summed E-state index contributed by atoms with van der Waals surface area (Å²) in [5, 5.41) is 4.05. The maximum Gasteiger partial charge on any atom is 0.169 e. The van der Waals surface area contributed by atoms with E-state index < -0.39 is 0 Å². The molecule has 3 aromatic rings. The number of para-hydroxylation sites is 1. The fourth-order valence-electron chi connectivity index (χ4n) is 2.35. The molecule has 2 nitrogen and oxygen atoms in total. The van der Waals surface area contributed by atoms with Gasteiger partial charge in [0.05, 0.1) is 0 Å². The second-order valence-electron chi connectivity index (χ2n) is 4.69. The molecule has 2 aromatic heterocycles. The Bertz CT molecular complexity index is 731. The highest BCUT2D eigenvalue weighted by Crippen LogP contribution is 2.32. The van der Waals surface area contributed by atoms with Gasteiger partial charge in [-0.2, -0.15) is 0 Å². The number of nitrogens with one attached hydrogen (secondary N) is 1. The number of thiophene rings is 1. The van der Waals surface area contributed by atoms with Crippen LogP contribution in [0.15, 0.2) is 40.8 Å². The highest BCUT2D eigenvalue weighted by atomic mass is 32.1. The van der Waals surface area contributed by atoms with Gasteiger partial charge in [-0.3, -0.25) is 0 Å². The Morgan fingerprint density at radius 1 is 1.30 bits per heavy atom. The number of rotatable bonds is 4. The van der Waals surface area contributed by atoms with Crippen LogP contribution in [0.1, 0.15) is 28.5 Å². The van der Waals surface area contributed by atoms with Gasteiger partial charge in [-0.1, -0.05) is 19.1 Å². The predicted octanol–water partition coefficient (Wildman–Crippen LogP) is 4.50. The third kappa shape index (κ3) is 2.25. The number of hydrogen-bond donors (Lipinski definition) is 1. The molecule has 2 heterocycles. The van der Waals surface area contributed by atoms with E-state index in [0.29, 0.717) is 5.58 Å². The van der Waals surface area contributed by atoms with E-state index in [1.54, 1.807) is 17.4 Å². The van der Waals surface area contributed by atoms with Crippen molar-refractivity contribution in [3.8, 4) is 0 Å². The minimum atomic E-state index is -0.316. The van der Waals surface area contributed by atoms with Crippen molar-refractivity contribution in [1.82, 2.24) is 5.32 Å². The van der Waals surface area contributed by atoms with Crippen molar-refractivity contribution in [3.63, 3.8) is 0 Å². The molecular weight excluding hydrogens is 273 g/mol. The van der Waals surface area contributed by atoms with Gasteiger partial charge >= 0.3 is 0 Å². The quantitative estimate of drug-likeness (QED) is 0.764. The van der Waals surface area contributed by atoms with E-state index in [9.17, 15) is 4.39 Å². The van der Waals surface area contributed by atoms with Gasteiger partial charge < -0.3 is 9.73 Å². The third-order valence-corrected chi connectivity index (χ3v) is 4.70. The van der Waals surface area contributed by atoms with E-state index in [1.165, 1.54) is 15.8 Å². The van der Waals surface area contributed by atoms with Gasteiger partial charge in [-0.15, -0.1) is 11.3 Å². The first kappa shape index (κ1) is 13.3.